The topological polar surface area (TPSA) is 0 Å². The van der Waals surface area contributed by atoms with Crippen molar-refractivity contribution < 1.29 is 0 Å². The smallest absolute Gasteiger partial charge is 0.0199 e. The second-order valence-electron chi connectivity index (χ2n) is 4.93. The molecule has 126 valence electrons. The molecule has 0 N–H and O–H groups in total. The summed E-state index contributed by atoms with van der Waals surface area (Å²) in [6.45, 7) is 14.1. The molecule has 2 aliphatic carbocycles. The Morgan fingerprint density at radius 3 is 2.18 bits per heavy atom. The van der Waals surface area contributed by atoms with Crippen LogP contribution in [0.3, 0.4) is 0 Å². The molecule has 1 heteroatoms. The van der Waals surface area contributed by atoms with Gasteiger partial charge < -0.3 is 0 Å². The van der Waals surface area contributed by atoms with E-state index in [-0.39, 0.29) is 29.4 Å². The Balaban J connectivity index is 0. The second kappa shape index (κ2) is 14.0. The zero-order valence-corrected chi connectivity index (χ0v) is 17.5. The molecule has 0 amide bonds. The standard InChI is InChI=1S/C17H22.2C2H6.HI/c1-3-15(4-2)17(13-9-10-14-17)16-11-7-5-6-8-12-16;2*1-2;/h3-5,7-8,11-12H,1,6,9-10,13-14H2,2H3;2*1-2H3;1H/b15-4+;;;. The third kappa shape index (κ3) is 5.91. The molecule has 0 saturated heterocycles. The van der Waals surface area contributed by atoms with Crippen LogP contribution in [-0.4, -0.2) is 0 Å². The van der Waals surface area contributed by atoms with E-state index in [2.05, 4.69) is 56.0 Å². The van der Waals surface area contributed by atoms with Crippen LogP contribution in [0.1, 0.15) is 66.7 Å². The van der Waals surface area contributed by atoms with E-state index in [1.807, 2.05) is 27.7 Å². The van der Waals surface area contributed by atoms with Gasteiger partial charge in [0, 0.05) is 5.41 Å². The molecule has 0 aromatic rings. The summed E-state index contributed by atoms with van der Waals surface area (Å²) in [4.78, 5) is 0. The fraction of sp³-hybridized carbons (Fsp3) is 0.524. The van der Waals surface area contributed by atoms with Crippen molar-refractivity contribution in [3.8, 4) is 0 Å². The Morgan fingerprint density at radius 1 is 1.09 bits per heavy atom. The number of halogens is 1. The van der Waals surface area contributed by atoms with Crippen molar-refractivity contribution in [3.05, 3.63) is 60.3 Å². The third-order valence-corrected chi connectivity index (χ3v) is 4.07. The van der Waals surface area contributed by atoms with Gasteiger partial charge in [0.05, 0.1) is 0 Å². The molecule has 0 atom stereocenters. The summed E-state index contributed by atoms with van der Waals surface area (Å²) < 4.78 is 0. The highest BCUT2D eigenvalue weighted by Gasteiger charge is 2.38. The molecule has 0 nitrogen and oxygen atoms in total. The molecule has 0 heterocycles. The average molecular weight is 414 g/mol. The fourth-order valence-electron chi connectivity index (χ4n) is 3.21. The Morgan fingerprint density at radius 2 is 1.68 bits per heavy atom. The van der Waals surface area contributed by atoms with E-state index in [0.29, 0.717) is 0 Å². The molecular formula is C21H35I. The van der Waals surface area contributed by atoms with Crippen LogP contribution < -0.4 is 0 Å². The number of allylic oxidation sites excluding steroid dienone is 9. The second-order valence-corrected chi connectivity index (χ2v) is 4.93. The first-order valence-corrected chi connectivity index (χ1v) is 8.66. The quantitative estimate of drug-likeness (QED) is 0.327. The summed E-state index contributed by atoms with van der Waals surface area (Å²) in [6, 6.07) is 0. The molecule has 2 aliphatic rings. The molecule has 0 radical (unpaired) electrons. The number of hydrogen-bond donors (Lipinski definition) is 0. The van der Waals surface area contributed by atoms with Gasteiger partial charge in [-0.05, 0) is 37.3 Å². The lowest BCUT2D eigenvalue weighted by Crippen LogP contribution is -2.20. The SMILES string of the molecule is C=C/C(=C\C)C1(C2=CC=CCC=C2)CCCC1.CC.CC.I. The molecule has 1 saturated carbocycles. The van der Waals surface area contributed by atoms with Crippen LogP contribution in [-0.2, 0) is 0 Å². The highest BCUT2D eigenvalue weighted by atomic mass is 127. The monoisotopic (exact) mass is 414 g/mol. The van der Waals surface area contributed by atoms with E-state index >= 15 is 0 Å². The van der Waals surface area contributed by atoms with E-state index in [9.17, 15) is 0 Å². The molecule has 2 rings (SSSR count). The lowest BCUT2D eigenvalue weighted by atomic mass is 9.71. The summed E-state index contributed by atoms with van der Waals surface area (Å²) >= 11 is 0. The predicted molar refractivity (Wildman–Crippen MR) is 114 cm³/mol. The van der Waals surface area contributed by atoms with Crippen molar-refractivity contribution in [3.63, 3.8) is 0 Å². The lowest BCUT2D eigenvalue weighted by Gasteiger charge is -2.32. The van der Waals surface area contributed by atoms with E-state index in [1.165, 1.54) is 36.8 Å². The van der Waals surface area contributed by atoms with Crippen molar-refractivity contribution in [2.75, 3.05) is 0 Å². The van der Waals surface area contributed by atoms with Crippen molar-refractivity contribution in [2.45, 2.75) is 66.7 Å². The number of rotatable bonds is 3. The van der Waals surface area contributed by atoms with Gasteiger partial charge in [-0.25, -0.2) is 0 Å². The van der Waals surface area contributed by atoms with Gasteiger partial charge in [0.1, 0.15) is 0 Å². The minimum atomic E-state index is 0. The van der Waals surface area contributed by atoms with Crippen LogP contribution in [0.15, 0.2) is 60.3 Å². The van der Waals surface area contributed by atoms with Crippen molar-refractivity contribution >= 4 is 24.0 Å². The molecule has 1 fully saturated rings. The Kier molecular flexibility index (Phi) is 15.1. The van der Waals surface area contributed by atoms with Crippen LogP contribution >= 0.6 is 24.0 Å². The van der Waals surface area contributed by atoms with Crippen LogP contribution in [0.25, 0.3) is 0 Å². The minimum absolute atomic E-state index is 0. The van der Waals surface area contributed by atoms with Crippen molar-refractivity contribution in [1.82, 2.24) is 0 Å². The van der Waals surface area contributed by atoms with Gasteiger partial charge in [0.25, 0.3) is 0 Å². The van der Waals surface area contributed by atoms with Crippen LogP contribution in [0, 0.1) is 5.41 Å². The third-order valence-electron chi connectivity index (χ3n) is 4.07. The predicted octanol–water partition coefficient (Wildman–Crippen LogP) is 7.79. The summed E-state index contributed by atoms with van der Waals surface area (Å²) in [5, 5.41) is 0. The largest absolute Gasteiger partial charge is 0.107 e. The molecule has 0 aromatic carbocycles. The molecule has 0 aliphatic heterocycles. The normalized spacial score (nSPS) is 18.6. The zero-order valence-electron chi connectivity index (χ0n) is 15.2. The first-order valence-electron chi connectivity index (χ1n) is 8.66. The summed E-state index contributed by atoms with van der Waals surface area (Å²) in [6.07, 6.45) is 21.8. The summed E-state index contributed by atoms with van der Waals surface area (Å²) in [7, 11) is 0. The summed E-state index contributed by atoms with van der Waals surface area (Å²) in [5.74, 6) is 0. The minimum Gasteiger partial charge on any atom is -0.107 e. The molecule has 0 bridgehead atoms. The van der Waals surface area contributed by atoms with Gasteiger partial charge in [-0.2, -0.15) is 0 Å². The maximum atomic E-state index is 4.00. The molecule has 0 unspecified atom stereocenters. The van der Waals surface area contributed by atoms with E-state index in [0.717, 1.165) is 6.42 Å². The molecular weight excluding hydrogens is 379 g/mol. The van der Waals surface area contributed by atoms with E-state index in [4.69, 9.17) is 0 Å². The summed E-state index contributed by atoms with van der Waals surface area (Å²) in [5.41, 5.74) is 3.11. The molecule has 0 aromatic heterocycles. The highest BCUT2D eigenvalue weighted by molar-refractivity contribution is 14.0. The maximum absolute atomic E-state index is 4.00. The zero-order chi connectivity index (χ0) is 16.1. The van der Waals surface area contributed by atoms with Gasteiger partial charge in [0.15, 0.2) is 0 Å². The van der Waals surface area contributed by atoms with Gasteiger partial charge in [-0.1, -0.05) is 89.6 Å². The van der Waals surface area contributed by atoms with Crippen LogP contribution in [0.2, 0.25) is 0 Å². The maximum Gasteiger partial charge on any atom is 0.0199 e. The van der Waals surface area contributed by atoms with Crippen molar-refractivity contribution in [1.29, 1.82) is 0 Å². The first kappa shape index (κ1) is 23.7. The van der Waals surface area contributed by atoms with Gasteiger partial charge in [-0.3, -0.25) is 0 Å². The molecule has 0 spiro atoms. The van der Waals surface area contributed by atoms with Gasteiger partial charge >= 0.3 is 0 Å². The first-order chi connectivity index (χ1) is 10.3. The highest BCUT2D eigenvalue weighted by Crippen LogP contribution is 2.50. The molecule has 22 heavy (non-hydrogen) atoms. The average Bonchev–Trinajstić information content (AvgIpc) is 2.88. The number of hydrogen-bond acceptors (Lipinski definition) is 0. The van der Waals surface area contributed by atoms with Gasteiger partial charge in [0.2, 0.25) is 0 Å². The Hall–Kier alpha value is -0.570. The van der Waals surface area contributed by atoms with Crippen LogP contribution in [0.5, 0.6) is 0 Å². The van der Waals surface area contributed by atoms with Crippen LogP contribution in [0.4, 0.5) is 0 Å². The Labute approximate surface area is 156 Å². The van der Waals surface area contributed by atoms with Gasteiger partial charge in [-0.15, -0.1) is 24.0 Å². The Bertz CT molecular complexity index is 402. The van der Waals surface area contributed by atoms with E-state index < -0.39 is 0 Å². The van der Waals surface area contributed by atoms with E-state index in [1.54, 1.807) is 0 Å². The van der Waals surface area contributed by atoms with Crippen molar-refractivity contribution in [2.24, 2.45) is 5.41 Å². The fourth-order valence-corrected chi connectivity index (χ4v) is 3.21. The lowest BCUT2D eigenvalue weighted by molar-refractivity contribution is 0.467.